The smallest absolute Gasteiger partial charge is 0.337 e. The monoisotopic (exact) mass is 271 g/mol. The number of hydrogen-bond donors (Lipinski definition) is 2. The molecule has 0 aliphatic carbocycles. The molecule has 0 amide bonds. The number of rotatable bonds is 3. The summed E-state index contributed by atoms with van der Waals surface area (Å²) in [6.07, 6.45) is 3.43. The van der Waals surface area contributed by atoms with Gasteiger partial charge in [0, 0.05) is 0 Å². The molecule has 4 N–H and O–H groups in total. The van der Waals surface area contributed by atoms with E-state index in [1.165, 1.54) is 7.11 Å². The van der Waals surface area contributed by atoms with Crippen LogP contribution in [0.4, 0.5) is 11.9 Å². The summed E-state index contributed by atoms with van der Waals surface area (Å²) in [5.74, 6) is 0.127. The zero-order valence-electron chi connectivity index (χ0n) is 10.8. The third-order valence-corrected chi connectivity index (χ3v) is 2.44. The third-order valence-electron chi connectivity index (χ3n) is 2.44. The Morgan fingerprint density at radius 1 is 1.05 bits per heavy atom. The highest BCUT2D eigenvalue weighted by Crippen LogP contribution is 2.09. The average Bonchev–Trinajstić information content (AvgIpc) is 2.44. The maximum atomic E-state index is 11.3. The normalized spacial score (nSPS) is 10.7. The second kappa shape index (κ2) is 5.79. The number of esters is 1. The molecule has 7 nitrogen and oxygen atoms in total. The molecule has 1 aromatic heterocycles. The lowest BCUT2D eigenvalue weighted by atomic mass is 10.1. The second-order valence-electron chi connectivity index (χ2n) is 3.86. The number of aromatic nitrogens is 3. The number of nitrogens with zero attached hydrogens (tertiary/aromatic N) is 3. The number of nitrogen functional groups attached to an aromatic ring is 2. The minimum atomic E-state index is -0.376. The van der Waals surface area contributed by atoms with Crippen molar-refractivity contribution < 1.29 is 9.53 Å². The van der Waals surface area contributed by atoms with E-state index in [-0.39, 0.29) is 17.9 Å². The van der Waals surface area contributed by atoms with E-state index in [1.807, 2.05) is 0 Å². The van der Waals surface area contributed by atoms with Gasteiger partial charge < -0.3 is 16.2 Å². The van der Waals surface area contributed by atoms with Gasteiger partial charge in [0.05, 0.1) is 12.7 Å². The van der Waals surface area contributed by atoms with Crippen LogP contribution in [0.15, 0.2) is 24.3 Å². The van der Waals surface area contributed by atoms with E-state index in [2.05, 4.69) is 19.7 Å². The Morgan fingerprint density at radius 3 is 2.20 bits per heavy atom. The summed E-state index contributed by atoms with van der Waals surface area (Å²) in [4.78, 5) is 22.8. The Kier molecular flexibility index (Phi) is 3.90. The van der Waals surface area contributed by atoms with Gasteiger partial charge in [0.2, 0.25) is 11.9 Å². The molecule has 2 aromatic rings. The van der Waals surface area contributed by atoms with Crippen LogP contribution in [0.2, 0.25) is 0 Å². The molecule has 20 heavy (non-hydrogen) atoms. The molecule has 0 spiro atoms. The maximum Gasteiger partial charge on any atom is 0.337 e. The fourth-order valence-corrected chi connectivity index (χ4v) is 1.52. The fraction of sp³-hybridized carbons (Fsp3) is 0.0769. The maximum absolute atomic E-state index is 11.3. The molecule has 1 heterocycles. The largest absolute Gasteiger partial charge is 0.465 e. The van der Waals surface area contributed by atoms with Crippen molar-refractivity contribution in [2.24, 2.45) is 0 Å². The Bertz CT molecular complexity index is 632. The Hall–Kier alpha value is -2.96. The van der Waals surface area contributed by atoms with E-state index in [0.29, 0.717) is 11.4 Å². The van der Waals surface area contributed by atoms with Crippen molar-refractivity contribution in [3.63, 3.8) is 0 Å². The zero-order chi connectivity index (χ0) is 14.5. The number of benzene rings is 1. The number of nitrogens with two attached hydrogens (primary N) is 2. The van der Waals surface area contributed by atoms with Crippen molar-refractivity contribution in [2.75, 3.05) is 18.6 Å². The predicted octanol–water partition coefficient (Wildman–Crippen LogP) is 0.993. The molecule has 1 aromatic carbocycles. The van der Waals surface area contributed by atoms with Gasteiger partial charge in [-0.1, -0.05) is 18.2 Å². The summed E-state index contributed by atoms with van der Waals surface area (Å²) in [5, 5.41) is 0. The van der Waals surface area contributed by atoms with E-state index >= 15 is 0 Å². The first-order chi connectivity index (χ1) is 9.58. The van der Waals surface area contributed by atoms with Crippen molar-refractivity contribution >= 4 is 30.0 Å². The van der Waals surface area contributed by atoms with Crippen molar-refractivity contribution in [1.82, 2.24) is 15.0 Å². The van der Waals surface area contributed by atoms with Crippen molar-refractivity contribution in [2.45, 2.75) is 0 Å². The molecule has 0 bridgehead atoms. The minimum Gasteiger partial charge on any atom is -0.465 e. The first kappa shape index (κ1) is 13.5. The van der Waals surface area contributed by atoms with Gasteiger partial charge in [0.15, 0.2) is 5.82 Å². The second-order valence-corrected chi connectivity index (χ2v) is 3.86. The van der Waals surface area contributed by atoms with Gasteiger partial charge in [-0.05, 0) is 23.8 Å². The van der Waals surface area contributed by atoms with E-state index in [1.54, 1.807) is 36.4 Å². The average molecular weight is 271 g/mol. The van der Waals surface area contributed by atoms with Crippen molar-refractivity contribution in [1.29, 1.82) is 0 Å². The number of methoxy groups -OCH3 is 1. The SMILES string of the molecule is COC(=O)c1ccc(C=Cc2nc(N)nc(N)n2)cc1. The highest BCUT2D eigenvalue weighted by molar-refractivity contribution is 5.89. The summed E-state index contributed by atoms with van der Waals surface area (Å²) < 4.78 is 4.62. The van der Waals surface area contributed by atoms with Gasteiger partial charge in [0.1, 0.15) is 0 Å². The number of carbonyl (C=O) groups is 1. The number of ether oxygens (including phenoxy) is 1. The van der Waals surface area contributed by atoms with Crippen LogP contribution in [0, 0.1) is 0 Å². The van der Waals surface area contributed by atoms with Crippen molar-refractivity contribution in [3.8, 4) is 0 Å². The molecule has 0 aliphatic rings. The van der Waals surface area contributed by atoms with E-state index in [4.69, 9.17) is 11.5 Å². The summed E-state index contributed by atoms with van der Waals surface area (Å²) >= 11 is 0. The molecule has 0 aliphatic heterocycles. The van der Waals surface area contributed by atoms with Gasteiger partial charge in [-0.25, -0.2) is 4.79 Å². The lowest BCUT2D eigenvalue weighted by Crippen LogP contribution is -2.04. The van der Waals surface area contributed by atoms with E-state index in [9.17, 15) is 4.79 Å². The molecular formula is C13H13N5O2. The Labute approximate surface area is 115 Å². The predicted molar refractivity (Wildman–Crippen MR) is 75.4 cm³/mol. The van der Waals surface area contributed by atoms with E-state index in [0.717, 1.165) is 5.56 Å². The minimum absolute atomic E-state index is 0.0678. The number of anilines is 2. The highest BCUT2D eigenvalue weighted by Gasteiger charge is 2.03. The van der Waals surface area contributed by atoms with Gasteiger partial charge in [-0.2, -0.15) is 15.0 Å². The molecule has 0 saturated heterocycles. The quantitative estimate of drug-likeness (QED) is 0.799. The molecule has 2 rings (SSSR count). The molecule has 0 atom stereocenters. The molecule has 0 unspecified atom stereocenters. The third kappa shape index (κ3) is 3.29. The van der Waals surface area contributed by atoms with Gasteiger partial charge >= 0.3 is 5.97 Å². The molecule has 102 valence electrons. The lowest BCUT2D eigenvalue weighted by Gasteiger charge is -1.99. The summed E-state index contributed by atoms with van der Waals surface area (Å²) in [7, 11) is 1.34. The molecule has 0 saturated carbocycles. The summed E-state index contributed by atoms with van der Waals surface area (Å²) in [5.41, 5.74) is 12.3. The van der Waals surface area contributed by atoms with Gasteiger partial charge in [-0.15, -0.1) is 0 Å². The fourth-order valence-electron chi connectivity index (χ4n) is 1.52. The van der Waals surface area contributed by atoms with Crippen LogP contribution in [-0.4, -0.2) is 28.0 Å². The van der Waals surface area contributed by atoms with Crippen LogP contribution in [-0.2, 0) is 4.74 Å². The molecule has 7 heteroatoms. The van der Waals surface area contributed by atoms with Gasteiger partial charge in [-0.3, -0.25) is 0 Å². The standard InChI is InChI=1S/C13H13N5O2/c1-20-11(19)9-5-2-8(3-6-9)4-7-10-16-12(14)18-13(15)17-10/h2-7H,1H3,(H4,14,15,16,17,18). The molecular weight excluding hydrogens is 258 g/mol. The Balaban J connectivity index is 2.17. The van der Waals surface area contributed by atoms with Crippen LogP contribution in [0.1, 0.15) is 21.7 Å². The van der Waals surface area contributed by atoms with Crippen molar-refractivity contribution in [3.05, 3.63) is 41.2 Å². The first-order valence-electron chi connectivity index (χ1n) is 5.72. The van der Waals surface area contributed by atoms with Crippen LogP contribution >= 0.6 is 0 Å². The van der Waals surface area contributed by atoms with Crippen LogP contribution in [0.3, 0.4) is 0 Å². The molecule has 0 fully saturated rings. The summed E-state index contributed by atoms with van der Waals surface area (Å²) in [6.45, 7) is 0. The number of hydrogen-bond acceptors (Lipinski definition) is 7. The molecule has 0 radical (unpaired) electrons. The lowest BCUT2D eigenvalue weighted by molar-refractivity contribution is 0.0600. The first-order valence-corrected chi connectivity index (χ1v) is 5.72. The number of carbonyl (C=O) groups excluding carboxylic acids is 1. The van der Waals surface area contributed by atoms with Crippen LogP contribution in [0.25, 0.3) is 12.2 Å². The highest BCUT2D eigenvalue weighted by atomic mass is 16.5. The van der Waals surface area contributed by atoms with E-state index < -0.39 is 0 Å². The topological polar surface area (TPSA) is 117 Å². The zero-order valence-corrected chi connectivity index (χ0v) is 10.8. The van der Waals surface area contributed by atoms with Crippen LogP contribution < -0.4 is 11.5 Å². The Morgan fingerprint density at radius 2 is 1.65 bits per heavy atom. The van der Waals surface area contributed by atoms with Gasteiger partial charge in [0.25, 0.3) is 0 Å². The van der Waals surface area contributed by atoms with Crippen LogP contribution in [0.5, 0.6) is 0 Å². The summed E-state index contributed by atoms with van der Waals surface area (Å²) in [6, 6.07) is 6.89.